The predicted molar refractivity (Wildman–Crippen MR) is 152 cm³/mol. The highest BCUT2D eigenvalue weighted by Crippen LogP contribution is 2.39. The second kappa shape index (κ2) is 12.2. The van der Waals surface area contributed by atoms with Gasteiger partial charge in [0, 0.05) is 22.3 Å². The van der Waals surface area contributed by atoms with E-state index in [0.717, 1.165) is 35.4 Å². The molecule has 0 bridgehead atoms. The molecular weight excluding hydrogens is 557 g/mol. The normalized spacial score (nSPS) is 12.4. The van der Waals surface area contributed by atoms with E-state index in [1.54, 1.807) is 13.8 Å². The summed E-state index contributed by atoms with van der Waals surface area (Å²) in [6.07, 6.45) is 2.73. The van der Waals surface area contributed by atoms with Gasteiger partial charge in [-0.05, 0) is 50.8 Å². The summed E-state index contributed by atoms with van der Waals surface area (Å²) in [4.78, 5) is 45.7. The first kappa shape index (κ1) is 27.2. The Hall–Kier alpha value is -3.42. The Morgan fingerprint density at radius 2 is 2.00 bits per heavy atom. The number of aryl methyl sites for hydroxylation is 2. The van der Waals surface area contributed by atoms with Crippen molar-refractivity contribution in [2.24, 2.45) is 0 Å². The summed E-state index contributed by atoms with van der Waals surface area (Å²) in [6, 6.07) is 11.1. The number of H-pyrrole nitrogens is 1. The molecule has 0 saturated heterocycles. The number of esters is 1. The lowest BCUT2D eigenvalue weighted by Gasteiger charge is -2.10. The van der Waals surface area contributed by atoms with Crippen molar-refractivity contribution < 1.29 is 14.3 Å². The van der Waals surface area contributed by atoms with Crippen LogP contribution >= 0.6 is 34.9 Å². The molecule has 0 fully saturated rings. The number of nitrogens with zero attached hydrogens (tertiary/aromatic N) is 4. The summed E-state index contributed by atoms with van der Waals surface area (Å²) in [6.45, 7) is 3.81. The number of thiophene rings is 1. The highest BCUT2D eigenvalue weighted by atomic mass is 32.2. The van der Waals surface area contributed by atoms with Crippen LogP contribution in [0.25, 0.3) is 5.69 Å². The number of hydrogen-bond acceptors (Lipinski definition) is 10. The van der Waals surface area contributed by atoms with Gasteiger partial charge >= 0.3 is 5.97 Å². The molecule has 1 aromatic carbocycles. The number of thioether (sulfide) groups is 2. The fourth-order valence-electron chi connectivity index (χ4n) is 4.28. The molecule has 1 aliphatic carbocycles. The van der Waals surface area contributed by atoms with Crippen LogP contribution in [0.5, 0.6) is 0 Å². The summed E-state index contributed by atoms with van der Waals surface area (Å²) in [5.41, 5.74) is 2.76. The predicted octanol–water partition coefficient (Wildman–Crippen LogP) is 4.41. The van der Waals surface area contributed by atoms with Gasteiger partial charge in [-0.15, -0.1) is 21.5 Å². The van der Waals surface area contributed by atoms with Crippen LogP contribution in [0.4, 0.5) is 5.00 Å². The van der Waals surface area contributed by atoms with Crippen molar-refractivity contribution in [3.8, 4) is 5.69 Å². The van der Waals surface area contributed by atoms with Gasteiger partial charge in [0.05, 0.1) is 23.7 Å². The van der Waals surface area contributed by atoms with E-state index >= 15 is 0 Å². The number of carbonyl (C=O) groups is 2. The number of hydrogen-bond donors (Lipinski definition) is 2. The second-order valence-electron chi connectivity index (χ2n) is 8.67. The highest BCUT2D eigenvalue weighted by molar-refractivity contribution is 7.99. The van der Waals surface area contributed by atoms with Gasteiger partial charge in [-0.1, -0.05) is 41.7 Å². The van der Waals surface area contributed by atoms with Crippen molar-refractivity contribution >= 4 is 51.7 Å². The van der Waals surface area contributed by atoms with E-state index in [9.17, 15) is 14.4 Å². The van der Waals surface area contributed by atoms with Crippen LogP contribution in [0.15, 0.2) is 51.5 Å². The van der Waals surface area contributed by atoms with E-state index in [1.807, 2.05) is 34.9 Å². The summed E-state index contributed by atoms with van der Waals surface area (Å²) in [7, 11) is 0. The molecule has 1 aliphatic rings. The average molecular weight is 583 g/mol. The molecule has 0 saturated carbocycles. The van der Waals surface area contributed by atoms with E-state index in [2.05, 4.69) is 25.5 Å². The largest absolute Gasteiger partial charge is 0.462 e. The number of ether oxygens (including phenoxy) is 1. The Labute approximate surface area is 237 Å². The molecule has 3 aromatic heterocycles. The summed E-state index contributed by atoms with van der Waals surface area (Å²) in [5.74, 6) is 0.499. The molecule has 3 heterocycles. The van der Waals surface area contributed by atoms with Crippen LogP contribution in [0, 0.1) is 6.92 Å². The zero-order valence-corrected chi connectivity index (χ0v) is 23.8. The van der Waals surface area contributed by atoms with E-state index in [-0.39, 0.29) is 23.8 Å². The zero-order valence-electron chi connectivity index (χ0n) is 21.4. The van der Waals surface area contributed by atoms with Crippen LogP contribution in [-0.2, 0) is 28.1 Å². The van der Waals surface area contributed by atoms with Crippen molar-refractivity contribution in [2.75, 3.05) is 17.7 Å². The number of anilines is 1. The molecule has 0 atom stereocenters. The Morgan fingerprint density at radius 1 is 1.18 bits per heavy atom. The number of carbonyl (C=O) groups excluding carboxylic acids is 2. The zero-order chi connectivity index (χ0) is 27.4. The molecule has 0 radical (unpaired) electrons. The third kappa shape index (κ3) is 6.26. The molecule has 2 N–H and O–H groups in total. The molecule has 0 unspecified atom stereocenters. The maximum absolute atomic E-state index is 13.0. The first-order chi connectivity index (χ1) is 18.9. The molecule has 5 rings (SSSR count). The number of rotatable bonds is 10. The van der Waals surface area contributed by atoms with Gasteiger partial charge < -0.3 is 15.0 Å². The second-order valence-corrected chi connectivity index (χ2v) is 11.7. The molecule has 39 heavy (non-hydrogen) atoms. The maximum Gasteiger partial charge on any atom is 0.341 e. The summed E-state index contributed by atoms with van der Waals surface area (Å²) in [5, 5.41) is 13.2. The molecule has 4 aromatic rings. The number of fused-ring (bicyclic) bond motifs is 1. The van der Waals surface area contributed by atoms with Crippen molar-refractivity contribution in [3.63, 3.8) is 0 Å². The van der Waals surface area contributed by atoms with Crippen LogP contribution in [0.3, 0.4) is 0 Å². The van der Waals surface area contributed by atoms with Crippen LogP contribution in [0.1, 0.15) is 45.7 Å². The van der Waals surface area contributed by atoms with Crippen molar-refractivity contribution in [1.82, 2.24) is 24.7 Å². The lowest BCUT2D eigenvalue weighted by Crippen LogP contribution is -2.17. The first-order valence-electron chi connectivity index (χ1n) is 12.4. The minimum atomic E-state index is -0.393. The number of aromatic nitrogens is 5. The monoisotopic (exact) mass is 582 g/mol. The number of nitrogens with one attached hydrogen (secondary N) is 2. The average Bonchev–Trinajstić information content (AvgIpc) is 3.61. The van der Waals surface area contributed by atoms with Gasteiger partial charge in [-0.25, -0.2) is 9.78 Å². The summed E-state index contributed by atoms with van der Waals surface area (Å²) < 4.78 is 7.15. The van der Waals surface area contributed by atoms with Crippen LogP contribution in [0.2, 0.25) is 0 Å². The summed E-state index contributed by atoms with van der Waals surface area (Å²) >= 11 is 4.06. The number of amides is 1. The number of aromatic amines is 1. The van der Waals surface area contributed by atoms with Crippen molar-refractivity contribution in [2.45, 2.75) is 49.2 Å². The molecule has 1 amide bonds. The van der Waals surface area contributed by atoms with Gasteiger partial charge in [-0.2, -0.15) is 0 Å². The van der Waals surface area contributed by atoms with Gasteiger partial charge in [0.2, 0.25) is 5.91 Å². The first-order valence-corrected chi connectivity index (χ1v) is 15.2. The Kier molecular flexibility index (Phi) is 8.48. The van der Waals surface area contributed by atoms with Crippen LogP contribution < -0.4 is 10.9 Å². The van der Waals surface area contributed by atoms with E-state index in [1.165, 1.54) is 40.9 Å². The third-order valence-electron chi connectivity index (χ3n) is 5.89. The Morgan fingerprint density at radius 3 is 2.77 bits per heavy atom. The molecule has 10 nitrogen and oxygen atoms in total. The fraction of sp³-hybridized carbons (Fsp3) is 0.308. The molecule has 202 valence electrons. The molecular formula is C26H26N6O4S3. The maximum atomic E-state index is 13.0. The fourth-order valence-corrected chi connectivity index (χ4v) is 7.18. The smallest absolute Gasteiger partial charge is 0.341 e. The van der Waals surface area contributed by atoms with Gasteiger partial charge in [-0.3, -0.25) is 14.2 Å². The minimum Gasteiger partial charge on any atom is -0.462 e. The van der Waals surface area contributed by atoms with E-state index in [0.29, 0.717) is 38.1 Å². The van der Waals surface area contributed by atoms with E-state index in [4.69, 9.17) is 4.74 Å². The standard InChI is InChI=1S/C26H26N6O4S3/c1-3-36-24(35)22-17-10-7-11-18(17)39-23(22)28-21(34)14-38-26-31-30-19(32(26)16-8-5-4-6-9-16)13-37-25-27-15(2)12-20(33)29-25/h4-6,8-9,12H,3,7,10-11,13-14H2,1-2H3,(H,28,34)(H,27,29,33). The van der Waals surface area contributed by atoms with Gasteiger partial charge in [0.15, 0.2) is 10.3 Å². The molecule has 13 heteroatoms. The highest BCUT2D eigenvalue weighted by Gasteiger charge is 2.28. The van der Waals surface area contributed by atoms with Gasteiger partial charge in [0.25, 0.3) is 5.56 Å². The molecule has 0 aliphatic heterocycles. The SMILES string of the molecule is CCOC(=O)c1c(NC(=O)CSc2nnc(CSc3nc(C)cc(=O)[nH]3)n2-c2ccccc2)sc2c1CCC2. The van der Waals surface area contributed by atoms with Gasteiger partial charge in [0.1, 0.15) is 10.8 Å². The minimum absolute atomic E-state index is 0.0791. The van der Waals surface area contributed by atoms with Crippen LogP contribution in [-0.4, -0.2) is 49.0 Å². The van der Waals surface area contributed by atoms with E-state index < -0.39 is 5.97 Å². The quantitative estimate of drug-likeness (QED) is 0.159. The lowest BCUT2D eigenvalue weighted by molar-refractivity contribution is -0.113. The lowest BCUT2D eigenvalue weighted by atomic mass is 10.1. The topological polar surface area (TPSA) is 132 Å². The van der Waals surface area contributed by atoms with Crippen molar-refractivity contribution in [1.29, 1.82) is 0 Å². The number of para-hydroxylation sites is 1. The van der Waals surface area contributed by atoms with Crippen molar-refractivity contribution in [3.05, 3.63) is 74.3 Å². The number of benzene rings is 1. The third-order valence-corrected chi connectivity index (χ3v) is 8.89. The Bertz CT molecular complexity index is 1560. The molecule has 0 spiro atoms. The Balaban J connectivity index is 1.32.